The molecule has 5 heteroatoms. The first-order valence-corrected chi connectivity index (χ1v) is 9.29. The van der Waals surface area contributed by atoms with Crippen molar-refractivity contribution < 1.29 is 4.89 Å². The van der Waals surface area contributed by atoms with Gasteiger partial charge in [-0.2, -0.15) is 0 Å². The summed E-state index contributed by atoms with van der Waals surface area (Å²) in [5, 5.41) is 0. The van der Waals surface area contributed by atoms with Gasteiger partial charge in [-0.25, -0.2) is 0 Å². The predicted octanol–water partition coefficient (Wildman–Crippen LogP) is 3.39. The number of thiol groups is 1. The van der Waals surface area contributed by atoms with Crippen LogP contribution in [0.3, 0.4) is 0 Å². The number of hydrogen-bond acceptors (Lipinski definition) is 2. The highest BCUT2D eigenvalue weighted by Crippen LogP contribution is 2.66. The molecular formula is C8H13OPS3. The zero-order chi connectivity index (χ0) is 10.1. The van der Waals surface area contributed by atoms with Crippen molar-refractivity contribution in [3.8, 4) is 0 Å². The Hall–Kier alpha value is 0.790. The summed E-state index contributed by atoms with van der Waals surface area (Å²) in [5.41, 5.74) is 0. The third kappa shape index (κ3) is 3.45. The third-order valence-electron chi connectivity index (χ3n) is 2.16. The first-order chi connectivity index (χ1) is 5.83. The van der Waals surface area contributed by atoms with E-state index in [4.69, 9.17) is 11.8 Å². The predicted molar refractivity (Wildman–Crippen MR) is 68.9 cm³/mol. The van der Waals surface area contributed by atoms with Crippen LogP contribution in [0.1, 0.15) is 13.8 Å². The van der Waals surface area contributed by atoms with Crippen molar-refractivity contribution in [2.45, 2.75) is 18.6 Å². The zero-order valence-corrected chi connectivity index (χ0v) is 11.0. The quantitative estimate of drug-likeness (QED) is 0.581. The van der Waals surface area contributed by atoms with E-state index in [1.807, 2.05) is 12.2 Å². The molecule has 0 saturated carbocycles. The number of rotatable bonds is 2. The van der Waals surface area contributed by atoms with Crippen LogP contribution in [0.15, 0.2) is 24.3 Å². The molecule has 0 amide bonds. The van der Waals surface area contributed by atoms with Crippen molar-refractivity contribution in [1.82, 2.24) is 0 Å². The van der Waals surface area contributed by atoms with Crippen LogP contribution in [0.4, 0.5) is 0 Å². The third-order valence-corrected chi connectivity index (χ3v) is 6.60. The molecule has 74 valence electrons. The van der Waals surface area contributed by atoms with Crippen LogP contribution < -0.4 is 0 Å². The van der Waals surface area contributed by atoms with E-state index in [9.17, 15) is 4.89 Å². The van der Waals surface area contributed by atoms with Crippen molar-refractivity contribution >= 4 is 40.1 Å². The second kappa shape index (κ2) is 4.11. The average Bonchev–Trinajstić information content (AvgIpc) is 1.92. The maximum Gasteiger partial charge on any atom is 0.169 e. The minimum absolute atomic E-state index is 0.110. The second-order valence-corrected chi connectivity index (χ2v) is 13.1. The molecular weight excluding hydrogens is 239 g/mol. The first-order valence-electron chi connectivity index (χ1n) is 3.96. The molecule has 0 aliphatic heterocycles. The van der Waals surface area contributed by atoms with Gasteiger partial charge in [0.15, 0.2) is 4.67 Å². The van der Waals surface area contributed by atoms with Crippen molar-refractivity contribution in [1.29, 1.82) is 0 Å². The van der Waals surface area contributed by atoms with Gasteiger partial charge in [-0.1, -0.05) is 42.6 Å². The maximum absolute atomic E-state index is 9.55. The van der Waals surface area contributed by atoms with Gasteiger partial charge < -0.3 is 4.89 Å². The Bertz CT molecular complexity index is 294. The fourth-order valence-corrected chi connectivity index (χ4v) is 7.33. The van der Waals surface area contributed by atoms with Crippen LogP contribution in [0.25, 0.3) is 0 Å². The molecule has 0 radical (unpaired) electrons. The Labute approximate surface area is 93.7 Å². The Kier molecular flexibility index (Phi) is 3.75. The zero-order valence-electron chi connectivity index (χ0n) is 7.54. The Balaban J connectivity index is 2.82. The van der Waals surface area contributed by atoms with Gasteiger partial charge in [0.05, 0.1) is 0 Å². The summed E-state index contributed by atoms with van der Waals surface area (Å²) in [4.78, 5) is 9.55. The average molecular weight is 252 g/mol. The smallest absolute Gasteiger partial charge is 0.169 e. The molecule has 1 N–H and O–H groups in total. The molecule has 0 aromatic heterocycles. The van der Waals surface area contributed by atoms with E-state index >= 15 is 0 Å². The molecule has 1 nitrogen and oxygen atoms in total. The summed E-state index contributed by atoms with van der Waals surface area (Å²) >= 11 is 10.4. The minimum atomic E-state index is -2.48. The standard InChI is InChI=1S/C8H13OPS3/c1-7-5-3-4-6-8(7,2)13-10(9,11)12/h3-7H,1-2H3,(H2,9,11,12). The van der Waals surface area contributed by atoms with Gasteiger partial charge in [0, 0.05) is 4.75 Å². The largest absolute Gasteiger partial charge is 0.350 e. The highest BCUT2D eigenvalue weighted by atomic mass is 33.2. The molecule has 1 aliphatic rings. The molecule has 0 saturated heterocycles. The SMILES string of the molecule is CC1C=CC=CC1(C)SP(O)(=S)S. The van der Waals surface area contributed by atoms with Crippen molar-refractivity contribution in [3.63, 3.8) is 0 Å². The van der Waals surface area contributed by atoms with Crippen LogP contribution in [0.5, 0.6) is 0 Å². The van der Waals surface area contributed by atoms with E-state index in [0.29, 0.717) is 5.92 Å². The summed E-state index contributed by atoms with van der Waals surface area (Å²) in [6.07, 6.45) is 8.21. The van der Waals surface area contributed by atoms with E-state index in [1.165, 1.54) is 11.4 Å². The minimum Gasteiger partial charge on any atom is -0.350 e. The molecule has 0 aromatic rings. The van der Waals surface area contributed by atoms with Crippen LogP contribution >= 0.6 is 28.3 Å². The van der Waals surface area contributed by atoms with E-state index in [1.54, 1.807) is 0 Å². The second-order valence-electron chi connectivity index (χ2n) is 3.30. The normalized spacial score (nSPS) is 37.4. The van der Waals surface area contributed by atoms with Crippen molar-refractivity contribution in [2.75, 3.05) is 0 Å². The summed E-state index contributed by atoms with van der Waals surface area (Å²) in [6.45, 7) is 4.20. The van der Waals surface area contributed by atoms with Gasteiger partial charge in [0.25, 0.3) is 0 Å². The molecule has 0 heterocycles. The monoisotopic (exact) mass is 252 g/mol. The van der Waals surface area contributed by atoms with Gasteiger partial charge in [0.1, 0.15) is 0 Å². The lowest BCUT2D eigenvalue weighted by Gasteiger charge is -2.33. The molecule has 0 aromatic carbocycles. The van der Waals surface area contributed by atoms with Gasteiger partial charge >= 0.3 is 0 Å². The fraction of sp³-hybridized carbons (Fsp3) is 0.500. The van der Waals surface area contributed by atoms with Crippen molar-refractivity contribution in [3.05, 3.63) is 24.3 Å². The van der Waals surface area contributed by atoms with Crippen LogP contribution in [0, 0.1) is 5.92 Å². The summed E-state index contributed by atoms with van der Waals surface area (Å²) in [7, 11) is 0. The van der Waals surface area contributed by atoms with Crippen LogP contribution in [-0.2, 0) is 11.8 Å². The molecule has 3 unspecified atom stereocenters. The first kappa shape index (κ1) is 11.9. The number of allylic oxidation sites excluding steroid dienone is 3. The topological polar surface area (TPSA) is 20.2 Å². The highest BCUT2D eigenvalue weighted by molar-refractivity contribution is 8.95. The molecule has 0 spiro atoms. The lowest BCUT2D eigenvalue weighted by molar-refractivity contribution is 0.600. The Morgan fingerprint density at radius 1 is 1.62 bits per heavy atom. The summed E-state index contributed by atoms with van der Waals surface area (Å²) in [5.74, 6) is 0.379. The molecule has 13 heavy (non-hydrogen) atoms. The van der Waals surface area contributed by atoms with Gasteiger partial charge in [-0.3, -0.25) is 0 Å². The van der Waals surface area contributed by atoms with Gasteiger partial charge in [-0.05, 0) is 24.6 Å². The van der Waals surface area contributed by atoms with Crippen molar-refractivity contribution in [2.24, 2.45) is 5.92 Å². The van der Waals surface area contributed by atoms with Crippen LogP contribution in [0.2, 0.25) is 0 Å². The summed E-state index contributed by atoms with van der Waals surface area (Å²) < 4.78 is -2.59. The molecule has 0 bridgehead atoms. The lowest BCUT2D eigenvalue weighted by Crippen LogP contribution is -2.26. The van der Waals surface area contributed by atoms with E-state index in [0.717, 1.165) is 0 Å². The highest BCUT2D eigenvalue weighted by Gasteiger charge is 2.33. The molecule has 0 fully saturated rings. The van der Waals surface area contributed by atoms with E-state index in [-0.39, 0.29) is 4.75 Å². The summed E-state index contributed by atoms with van der Waals surface area (Å²) in [6, 6.07) is 0. The Morgan fingerprint density at radius 2 is 2.23 bits per heavy atom. The van der Waals surface area contributed by atoms with Gasteiger partial charge in [0.2, 0.25) is 0 Å². The molecule has 1 aliphatic carbocycles. The lowest BCUT2D eigenvalue weighted by atomic mass is 9.91. The fourth-order valence-electron chi connectivity index (χ4n) is 1.19. The maximum atomic E-state index is 9.55. The van der Waals surface area contributed by atoms with Gasteiger partial charge in [-0.15, -0.1) is 12.2 Å². The van der Waals surface area contributed by atoms with E-state index in [2.05, 4.69) is 38.2 Å². The number of hydrogen-bond donors (Lipinski definition) is 2. The van der Waals surface area contributed by atoms with E-state index < -0.39 is 4.67 Å². The molecule has 1 rings (SSSR count). The van der Waals surface area contributed by atoms with Crippen LogP contribution in [-0.4, -0.2) is 9.64 Å². The molecule has 3 atom stereocenters. The Morgan fingerprint density at radius 3 is 2.69 bits per heavy atom.